The Morgan fingerprint density at radius 3 is 2.60 bits per heavy atom. The Morgan fingerprint density at radius 2 is 2.13 bits per heavy atom. The van der Waals surface area contributed by atoms with Gasteiger partial charge in [-0.25, -0.2) is 0 Å². The standard InChI is InChI=1S/C11H24N2O2/c1-4-9(14)6-8-13-10(15)5-7-11(2,3)12/h9,14H,4-8,12H2,1-3H3,(H,13,15). The van der Waals surface area contributed by atoms with Crippen LogP contribution in [0.5, 0.6) is 0 Å². The third-order valence-electron chi connectivity index (χ3n) is 2.27. The second-order valence-electron chi connectivity index (χ2n) is 4.69. The average molecular weight is 216 g/mol. The van der Waals surface area contributed by atoms with Crippen LogP contribution < -0.4 is 11.1 Å². The predicted molar refractivity (Wildman–Crippen MR) is 61.4 cm³/mol. The van der Waals surface area contributed by atoms with Gasteiger partial charge in [-0.2, -0.15) is 0 Å². The summed E-state index contributed by atoms with van der Waals surface area (Å²) in [5.74, 6) is 0.0110. The molecular weight excluding hydrogens is 192 g/mol. The Kier molecular flexibility index (Phi) is 6.52. The van der Waals surface area contributed by atoms with Crippen LogP contribution in [-0.4, -0.2) is 29.2 Å². The number of nitrogens with one attached hydrogen (secondary N) is 1. The Bertz CT molecular complexity index is 188. The number of nitrogens with two attached hydrogens (primary N) is 1. The van der Waals surface area contributed by atoms with Crippen molar-refractivity contribution in [3.63, 3.8) is 0 Å². The molecule has 0 aliphatic heterocycles. The molecule has 1 atom stereocenters. The first-order valence-electron chi connectivity index (χ1n) is 5.59. The first kappa shape index (κ1) is 14.4. The summed E-state index contributed by atoms with van der Waals surface area (Å²) in [5, 5.41) is 12.0. The van der Waals surface area contributed by atoms with E-state index < -0.39 is 0 Å². The van der Waals surface area contributed by atoms with Gasteiger partial charge in [-0.3, -0.25) is 4.79 Å². The molecule has 4 heteroatoms. The van der Waals surface area contributed by atoms with Crippen LogP contribution in [0.3, 0.4) is 0 Å². The molecule has 15 heavy (non-hydrogen) atoms. The van der Waals surface area contributed by atoms with E-state index >= 15 is 0 Å². The lowest BCUT2D eigenvalue weighted by Crippen LogP contribution is -2.35. The molecular formula is C11H24N2O2. The summed E-state index contributed by atoms with van der Waals surface area (Å²) in [6.07, 6.45) is 2.16. The summed E-state index contributed by atoms with van der Waals surface area (Å²) in [6.45, 7) is 6.27. The fourth-order valence-electron chi connectivity index (χ4n) is 1.11. The minimum Gasteiger partial charge on any atom is -0.393 e. The molecule has 0 rings (SSSR count). The van der Waals surface area contributed by atoms with Gasteiger partial charge < -0.3 is 16.2 Å². The largest absolute Gasteiger partial charge is 0.393 e. The molecule has 0 aromatic rings. The summed E-state index contributed by atoms with van der Waals surface area (Å²) >= 11 is 0. The number of hydrogen-bond donors (Lipinski definition) is 3. The Balaban J connectivity index is 3.50. The van der Waals surface area contributed by atoms with Crippen molar-refractivity contribution in [2.45, 2.75) is 58.1 Å². The molecule has 0 saturated heterocycles. The number of carbonyl (C=O) groups excluding carboxylic acids is 1. The van der Waals surface area contributed by atoms with E-state index in [4.69, 9.17) is 5.73 Å². The number of aliphatic hydroxyl groups excluding tert-OH is 1. The minimum absolute atomic E-state index is 0.0110. The third-order valence-corrected chi connectivity index (χ3v) is 2.27. The SMILES string of the molecule is CCC(O)CCNC(=O)CCC(C)(C)N. The van der Waals surface area contributed by atoms with Crippen LogP contribution in [0.4, 0.5) is 0 Å². The molecule has 0 heterocycles. The van der Waals surface area contributed by atoms with E-state index in [1.54, 1.807) is 0 Å². The molecule has 0 spiro atoms. The van der Waals surface area contributed by atoms with Gasteiger partial charge in [-0.05, 0) is 33.1 Å². The highest BCUT2D eigenvalue weighted by Crippen LogP contribution is 2.06. The smallest absolute Gasteiger partial charge is 0.220 e. The number of hydrogen-bond acceptors (Lipinski definition) is 3. The maximum atomic E-state index is 11.3. The van der Waals surface area contributed by atoms with Crippen LogP contribution in [0.1, 0.15) is 46.5 Å². The average Bonchev–Trinajstić information content (AvgIpc) is 2.13. The zero-order valence-electron chi connectivity index (χ0n) is 10.0. The van der Waals surface area contributed by atoms with Gasteiger partial charge in [-0.1, -0.05) is 6.92 Å². The van der Waals surface area contributed by atoms with Crippen molar-refractivity contribution >= 4 is 5.91 Å². The van der Waals surface area contributed by atoms with Crippen molar-refractivity contribution in [1.29, 1.82) is 0 Å². The van der Waals surface area contributed by atoms with Gasteiger partial charge in [-0.15, -0.1) is 0 Å². The van der Waals surface area contributed by atoms with Gasteiger partial charge in [0.2, 0.25) is 5.91 Å². The van der Waals surface area contributed by atoms with Gasteiger partial charge in [0, 0.05) is 18.5 Å². The molecule has 0 aliphatic carbocycles. The van der Waals surface area contributed by atoms with Gasteiger partial charge in [0.1, 0.15) is 0 Å². The quantitative estimate of drug-likeness (QED) is 0.588. The second kappa shape index (κ2) is 6.80. The molecule has 1 unspecified atom stereocenters. The summed E-state index contributed by atoms with van der Waals surface area (Å²) in [4.78, 5) is 11.3. The molecule has 0 radical (unpaired) electrons. The first-order chi connectivity index (χ1) is 6.85. The molecule has 90 valence electrons. The van der Waals surface area contributed by atoms with E-state index in [1.807, 2.05) is 20.8 Å². The van der Waals surface area contributed by atoms with E-state index in [9.17, 15) is 9.90 Å². The van der Waals surface area contributed by atoms with Crippen molar-refractivity contribution < 1.29 is 9.90 Å². The monoisotopic (exact) mass is 216 g/mol. The van der Waals surface area contributed by atoms with Crippen LogP contribution in [0.25, 0.3) is 0 Å². The Hall–Kier alpha value is -0.610. The van der Waals surface area contributed by atoms with E-state index in [-0.39, 0.29) is 17.6 Å². The molecule has 0 bridgehead atoms. The second-order valence-corrected chi connectivity index (χ2v) is 4.69. The molecule has 0 aliphatic rings. The van der Waals surface area contributed by atoms with Crippen molar-refractivity contribution in [3.05, 3.63) is 0 Å². The summed E-state index contributed by atoms with van der Waals surface area (Å²) in [5.41, 5.74) is 5.47. The normalized spacial score (nSPS) is 13.7. The van der Waals surface area contributed by atoms with E-state index in [0.29, 0.717) is 25.8 Å². The number of aliphatic hydroxyl groups is 1. The van der Waals surface area contributed by atoms with Crippen LogP contribution in [0, 0.1) is 0 Å². The molecule has 4 nitrogen and oxygen atoms in total. The minimum atomic E-state index is -0.309. The van der Waals surface area contributed by atoms with Crippen molar-refractivity contribution in [3.8, 4) is 0 Å². The van der Waals surface area contributed by atoms with Crippen molar-refractivity contribution in [2.24, 2.45) is 5.73 Å². The predicted octanol–water partition coefficient (Wildman–Crippen LogP) is 0.781. The highest BCUT2D eigenvalue weighted by atomic mass is 16.3. The van der Waals surface area contributed by atoms with Crippen molar-refractivity contribution in [1.82, 2.24) is 5.32 Å². The number of amides is 1. The molecule has 1 amide bonds. The van der Waals surface area contributed by atoms with Crippen LogP contribution >= 0.6 is 0 Å². The highest BCUT2D eigenvalue weighted by Gasteiger charge is 2.12. The zero-order chi connectivity index (χ0) is 11.9. The maximum absolute atomic E-state index is 11.3. The molecule has 0 aromatic carbocycles. The lowest BCUT2D eigenvalue weighted by atomic mass is 10.00. The number of rotatable bonds is 7. The first-order valence-corrected chi connectivity index (χ1v) is 5.59. The van der Waals surface area contributed by atoms with E-state index in [2.05, 4.69) is 5.32 Å². The third kappa shape index (κ3) is 9.69. The van der Waals surface area contributed by atoms with E-state index in [0.717, 1.165) is 6.42 Å². The van der Waals surface area contributed by atoms with Gasteiger partial charge in [0.15, 0.2) is 0 Å². The molecule has 0 aromatic heterocycles. The van der Waals surface area contributed by atoms with Crippen LogP contribution in [0.15, 0.2) is 0 Å². The summed E-state index contributed by atoms with van der Waals surface area (Å²) < 4.78 is 0. The van der Waals surface area contributed by atoms with Crippen LogP contribution in [-0.2, 0) is 4.79 Å². The fourth-order valence-corrected chi connectivity index (χ4v) is 1.11. The lowest BCUT2D eigenvalue weighted by molar-refractivity contribution is -0.121. The van der Waals surface area contributed by atoms with Gasteiger partial charge in [0.25, 0.3) is 0 Å². The van der Waals surface area contributed by atoms with Gasteiger partial charge in [0.05, 0.1) is 6.10 Å². The summed E-state index contributed by atoms with van der Waals surface area (Å²) in [6, 6.07) is 0. The fraction of sp³-hybridized carbons (Fsp3) is 0.909. The Labute approximate surface area is 92.2 Å². The zero-order valence-corrected chi connectivity index (χ0v) is 10.0. The van der Waals surface area contributed by atoms with E-state index in [1.165, 1.54) is 0 Å². The van der Waals surface area contributed by atoms with Gasteiger partial charge >= 0.3 is 0 Å². The Morgan fingerprint density at radius 1 is 1.53 bits per heavy atom. The summed E-state index contributed by atoms with van der Waals surface area (Å²) in [7, 11) is 0. The highest BCUT2D eigenvalue weighted by molar-refractivity contribution is 5.75. The van der Waals surface area contributed by atoms with Crippen LogP contribution in [0.2, 0.25) is 0 Å². The topological polar surface area (TPSA) is 75.3 Å². The maximum Gasteiger partial charge on any atom is 0.220 e. The molecule has 0 saturated carbocycles. The molecule has 4 N–H and O–H groups in total. The number of carbonyl (C=O) groups is 1. The molecule has 0 fully saturated rings. The van der Waals surface area contributed by atoms with Crippen molar-refractivity contribution in [2.75, 3.05) is 6.54 Å². The lowest BCUT2D eigenvalue weighted by Gasteiger charge is -2.17.